The molecule has 262 valence electrons. The van der Waals surface area contributed by atoms with Gasteiger partial charge in [-0.3, -0.25) is 0 Å². The first-order valence-corrected chi connectivity index (χ1v) is 22.3. The lowest BCUT2D eigenvalue weighted by molar-refractivity contribution is 0.577. The Morgan fingerprint density at radius 3 is 1.06 bits per heavy atom. The van der Waals surface area contributed by atoms with Crippen molar-refractivity contribution in [2.75, 3.05) is 11.5 Å². The van der Waals surface area contributed by atoms with Gasteiger partial charge in [0.1, 0.15) is 9.79 Å². The van der Waals surface area contributed by atoms with Crippen LogP contribution in [0.2, 0.25) is 0 Å². The summed E-state index contributed by atoms with van der Waals surface area (Å²) >= 11 is 1.33. The van der Waals surface area contributed by atoms with Gasteiger partial charge in [-0.15, -0.1) is 11.3 Å². The molecular weight excluding hydrogens is 689 g/mol. The van der Waals surface area contributed by atoms with Crippen LogP contribution in [0, 0.1) is 0 Å². The van der Waals surface area contributed by atoms with Gasteiger partial charge < -0.3 is 0 Å². The van der Waals surface area contributed by atoms with Crippen LogP contribution in [-0.2, 0) is 19.7 Å². The van der Waals surface area contributed by atoms with Crippen molar-refractivity contribution in [2.45, 2.75) is 75.0 Å². The van der Waals surface area contributed by atoms with Crippen LogP contribution in [-0.4, -0.2) is 28.3 Å². The third-order valence-corrected chi connectivity index (χ3v) is 15.3. The third kappa shape index (κ3) is 6.84. The fourth-order valence-corrected chi connectivity index (χ4v) is 13.7. The maximum atomic E-state index is 15.0. The predicted octanol–water partition coefficient (Wildman–Crippen LogP) is 12.4. The molecule has 0 atom stereocenters. The zero-order valence-corrected chi connectivity index (χ0v) is 31.8. The molecule has 7 aromatic rings. The summed E-state index contributed by atoms with van der Waals surface area (Å²) in [4.78, 5) is 0.983. The minimum absolute atomic E-state index is 0.0204. The zero-order chi connectivity index (χ0) is 35.6. The fourth-order valence-electron chi connectivity index (χ4n) is 7.45. The van der Waals surface area contributed by atoms with Gasteiger partial charge in [0.2, 0.25) is 0 Å². The van der Waals surface area contributed by atoms with Gasteiger partial charge in [-0.2, -0.15) is 0 Å². The summed E-state index contributed by atoms with van der Waals surface area (Å²) in [6.07, 6.45) is 6.29. The standard InChI is InChI=1S/C44H44O4S3/c1-3-5-7-17-27-50(45,46)43-41(39-35-23-13-9-19-31(35)29-32-20-10-14-24-36(32)39)49-42(44(43)51(47,48)28-18-8-6-4-2)40-37-25-15-11-21-33(37)30-34-22-12-16-26-38(34)40/h9-16,19-26,29-30H,3-8,17-18,27-28H2,1-2H3. The highest BCUT2D eigenvalue weighted by Gasteiger charge is 2.37. The molecule has 0 aliphatic heterocycles. The molecule has 0 radical (unpaired) electrons. The molecule has 0 saturated carbocycles. The Morgan fingerprint density at radius 1 is 0.431 bits per heavy atom. The average Bonchev–Trinajstić information content (AvgIpc) is 3.55. The highest BCUT2D eigenvalue weighted by molar-refractivity contribution is 7.95. The number of benzene rings is 6. The first-order valence-electron chi connectivity index (χ1n) is 18.2. The molecule has 7 heteroatoms. The molecule has 0 amide bonds. The van der Waals surface area contributed by atoms with Crippen molar-refractivity contribution in [3.8, 4) is 20.9 Å². The molecule has 7 rings (SSSR count). The monoisotopic (exact) mass is 732 g/mol. The largest absolute Gasteiger partial charge is 0.224 e. The number of sulfone groups is 2. The van der Waals surface area contributed by atoms with Crippen molar-refractivity contribution in [3.63, 3.8) is 0 Å². The van der Waals surface area contributed by atoms with Crippen molar-refractivity contribution in [1.82, 2.24) is 0 Å². The van der Waals surface area contributed by atoms with E-state index in [-0.39, 0.29) is 21.3 Å². The van der Waals surface area contributed by atoms with Crippen LogP contribution < -0.4 is 0 Å². The van der Waals surface area contributed by atoms with Gasteiger partial charge in [-0.25, -0.2) is 16.8 Å². The van der Waals surface area contributed by atoms with Crippen molar-refractivity contribution < 1.29 is 16.8 Å². The second-order valence-corrected chi connectivity index (χ2v) is 18.7. The molecule has 51 heavy (non-hydrogen) atoms. The summed E-state index contributed by atoms with van der Waals surface area (Å²) in [6.45, 7) is 4.20. The molecule has 0 saturated heterocycles. The maximum Gasteiger partial charge on any atom is 0.181 e. The molecule has 0 fully saturated rings. The van der Waals surface area contributed by atoms with Gasteiger partial charge in [-0.1, -0.05) is 149 Å². The van der Waals surface area contributed by atoms with E-state index in [0.717, 1.165) is 92.7 Å². The summed E-state index contributed by atoms with van der Waals surface area (Å²) in [5, 5.41) is 7.53. The van der Waals surface area contributed by atoms with E-state index in [4.69, 9.17) is 0 Å². The molecule has 0 N–H and O–H groups in total. The first-order chi connectivity index (χ1) is 24.7. The van der Waals surface area contributed by atoms with Crippen LogP contribution in [0.3, 0.4) is 0 Å². The Bertz CT molecular complexity index is 2310. The van der Waals surface area contributed by atoms with E-state index in [1.165, 1.54) is 11.3 Å². The molecule has 1 aromatic heterocycles. The highest BCUT2D eigenvalue weighted by atomic mass is 32.2. The third-order valence-electron chi connectivity index (χ3n) is 9.97. The number of fused-ring (bicyclic) bond motifs is 4. The Balaban J connectivity index is 1.66. The normalized spacial score (nSPS) is 12.4. The Labute approximate surface area is 306 Å². The van der Waals surface area contributed by atoms with E-state index in [1.807, 2.05) is 97.1 Å². The van der Waals surface area contributed by atoms with Crippen LogP contribution in [0.4, 0.5) is 0 Å². The van der Waals surface area contributed by atoms with Crippen molar-refractivity contribution in [2.24, 2.45) is 0 Å². The number of thiophene rings is 1. The van der Waals surface area contributed by atoms with E-state index >= 15 is 16.8 Å². The lowest BCUT2D eigenvalue weighted by Crippen LogP contribution is -2.15. The molecule has 0 spiro atoms. The molecule has 6 aromatic carbocycles. The minimum atomic E-state index is -4.07. The lowest BCUT2D eigenvalue weighted by atomic mass is 9.95. The zero-order valence-electron chi connectivity index (χ0n) is 29.3. The van der Waals surface area contributed by atoms with E-state index in [2.05, 4.69) is 26.0 Å². The lowest BCUT2D eigenvalue weighted by Gasteiger charge is -2.15. The van der Waals surface area contributed by atoms with Crippen molar-refractivity contribution >= 4 is 74.1 Å². The number of unbranched alkanes of at least 4 members (excludes halogenated alkanes) is 6. The van der Waals surface area contributed by atoms with E-state index in [9.17, 15) is 0 Å². The van der Waals surface area contributed by atoms with Crippen LogP contribution in [0.5, 0.6) is 0 Å². The highest BCUT2D eigenvalue weighted by Crippen LogP contribution is 2.53. The molecular formula is C44H44O4S3. The summed E-state index contributed by atoms with van der Waals surface area (Å²) in [7, 11) is -8.14. The number of hydrogen-bond acceptors (Lipinski definition) is 5. The Kier molecular flexibility index (Phi) is 10.3. The van der Waals surface area contributed by atoms with E-state index in [1.54, 1.807) is 0 Å². The molecule has 0 aliphatic rings. The second-order valence-electron chi connectivity index (χ2n) is 13.6. The van der Waals surface area contributed by atoms with Gasteiger partial charge in [0.25, 0.3) is 0 Å². The predicted molar refractivity (Wildman–Crippen MR) is 218 cm³/mol. The van der Waals surface area contributed by atoms with Crippen LogP contribution in [0.15, 0.2) is 119 Å². The average molecular weight is 733 g/mol. The summed E-state index contributed by atoms with van der Waals surface area (Å²) < 4.78 is 60.1. The molecule has 0 bridgehead atoms. The number of rotatable bonds is 14. The summed E-state index contributed by atoms with van der Waals surface area (Å²) in [5.74, 6) is -0.207. The Hall–Kier alpha value is -4.04. The van der Waals surface area contributed by atoms with Gasteiger partial charge >= 0.3 is 0 Å². The first kappa shape index (κ1) is 35.4. The van der Waals surface area contributed by atoms with Crippen LogP contribution in [0.1, 0.15) is 65.2 Å². The van der Waals surface area contributed by atoms with Crippen LogP contribution >= 0.6 is 11.3 Å². The van der Waals surface area contributed by atoms with Gasteiger partial charge in [0.15, 0.2) is 19.7 Å². The summed E-state index contributed by atoms with van der Waals surface area (Å²) in [6, 6.07) is 36.4. The smallest absolute Gasteiger partial charge is 0.181 e. The van der Waals surface area contributed by atoms with Crippen LogP contribution in [0.25, 0.3) is 64.0 Å². The molecule has 0 unspecified atom stereocenters. The SMILES string of the molecule is CCCCCCS(=O)(=O)c1c(-c2c3ccccc3cc3ccccc23)sc(-c2c3ccccc3cc3ccccc23)c1S(=O)(=O)CCCCCC. The van der Waals surface area contributed by atoms with Gasteiger partial charge in [-0.05, 0) is 68.1 Å². The van der Waals surface area contributed by atoms with E-state index in [0.29, 0.717) is 22.6 Å². The van der Waals surface area contributed by atoms with Gasteiger partial charge in [0.05, 0.1) is 21.3 Å². The Morgan fingerprint density at radius 2 is 0.745 bits per heavy atom. The number of hydrogen-bond donors (Lipinski definition) is 0. The van der Waals surface area contributed by atoms with Crippen molar-refractivity contribution in [3.05, 3.63) is 109 Å². The molecule has 1 heterocycles. The maximum absolute atomic E-state index is 15.0. The van der Waals surface area contributed by atoms with Crippen molar-refractivity contribution in [1.29, 1.82) is 0 Å². The topological polar surface area (TPSA) is 68.3 Å². The fraction of sp³-hybridized carbons (Fsp3) is 0.273. The minimum Gasteiger partial charge on any atom is -0.224 e. The van der Waals surface area contributed by atoms with E-state index < -0.39 is 19.7 Å². The quantitative estimate of drug-likeness (QED) is 0.0824. The summed E-state index contributed by atoms with van der Waals surface area (Å²) in [5.41, 5.74) is 1.55. The molecule has 0 aliphatic carbocycles. The molecule has 4 nitrogen and oxygen atoms in total. The second kappa shape index (κ2) is 14.9. The van der Waals surface area contributed by atoms with Gasteiger partial charge in [0, 0.05) is 11.1 Å².